The largest absolute Gasteiger partial charge is 0.338 e. The Labute approximate surface area is 143 Å². The Morgan fingerprint density at radius 1 is 1.39 bits per heavy atom. The molecule has 0 saturated carbocycles. The third-order valence-electron chi connectivity index (χ3n) is 4.37. The Hall–Kier alpha value is -1.01. The second-order valence-electron chi connectivity index (χ2n) is 6.06. The predicted molar refractivity (Wildman–Crippen MR) is 96.4 cm³/mol. The Morgan fingerprint density at radius 2 is 2.09 bits per heavy atom. The zero-order chi connectivity index (χ0) is 17.0. The van der Waals surface area contributed by atoms with Crippen LogP contribution in [-0.2, 0) is 20.4 Å². The number of nitrogens with zero attached hydrogens (tertiary/aromatic N) is 1. The van der Waals surface area contributed by atoms with Crippen molar-refractivity contribution in [3.63, 3.8) is 0 Å². The molecule has 1 fully saturated rings. The number of carbonyl (C=O) groups is 1. The molecule has 23 heavy (non-hydrogen) atoms. The minimum absolute atomic E-state index is 0.0492. The molecule has 6 heteroatoms. The van der Waals surface area contributed by atoms with Gasteiger partial charge in [0, 0.05) is 18.3 Å². The fourth-order valence-electron chi connectivity index (χ4n) is 2.91. The number of hydrogen-bond acceptors (Lipinski definition) is 4. The van der Waals surface area contributed by atoms with Crippen molar-refractivity contribution < 1.29 is 13.2 Å². The smallest absolute Gasteiger partial charge is 0.235 e. The Bertz CT molecular complexity index is 658. The van der Waals surface area contributed by atoms with E-state index in [-0.39, 0.29) is 28.7 Å². The van der Waals surface area contributed by atoms with Crippen LogP contribution in [0.25, 0.3) is 0 Å². The molecule has 1 aromatic carbocycles. The molecular weight excluding hydrogens is 330 g/mol. The van der Waals surface area contributed by atoms with Gasteiger partial charge in [-0.25, -0.2) is 8.42 Å². The Balaban J connectivity index is 1.96. The average molecular weight is 356 g/mol. The summed E-state index contributed by atoms with van der Waals surface area (Å²) < 4.78 is 23.3. The van der Waals surface area contributed by atoms with Gasteiger partial charge >= 0.3 is 0 Å². The highest BCUT2D eigenvalue weighted by Gasteiger charge is 2.35. The van der Waals surface area contributed by atoms with Gasteiger partial charge in [-0.3, -0.25) is 4.79 Å². The lowest BCUT2D eigenvalue weighted by atomic mass is 10.1. The van der Waals surface area contributed by atoms with E-state index < -0.39 is 9.84 Å². The van der Waals surface area contributed by atoms with E-state index in [0.29, 0.717) is 13.0 Å². The van der Waals surface area contributed by atoms with Crippen LogP contribution in [0.1, 0.15) is 31.4 Å². The molecule has 0 spiro atoms. The van der Waals surface area contributed by atoms with E-state index >= 15 is 0 Å². The average Bonchev–Trinajstić information content (AvgIpc) is 2.86. The second-order valence-corrected chi connectivity index (χ2v) is 9.62. The summed E-state index contributed by atoms with van der Waals surface area (Å²) in [5.74, 6) is 1.15. The molecule has 1 amide bonds. The Morgan fingerprint density at radius 3 is 2.65 bits per heavy atom. The van der Waals surface area contributed by atoms with Gasteiger partial charge in [0.15, 0.2) is 9.84 Å². The lowest BCUT2D eigenvalue weighted by molar-refractivity contribution is -0.131. The van der Waals surface area contributed by atoms with Gasteiger partial charge in [0.2, 0.25) is 5.91 Å². The number of carbonyl (C=O) groups excluding carboxylic acids is 1. The first-order chi connectivity index (χ1) is 10.8. The summed E-state index contributed by atoms with van der Waals surface area (Å²) in [5.41, 5.74) is 2.47. The lowest BCUT2D eigenvalue weighted by Crippen LogP contribution is -2.44. The number of sulfone groups is 1. The first-order valence-corrected chi connectivity index (χ1v) is 10.9. The van der Waals surface area contributed by atoms with Crippen LogP contribution in [0, 0.1) is 6.92 Å². The summed E-state index contributed by atoms with van der Waals surface area (Å²) in [5, 5.41) is -0.169. The fourth-order valence-corrected chi connectivity index (χ4v) is 5.67. The molecule has 1 aliphatic heterocycles. The van der Waals surface area contributed by atoms with Crippen LogP contribution in [-0.4, -0.2) is 48.6 Å². The van der Waals surface area contributed by atoms with Gasteiger partial charge in [0.05, 0.1) is 16.8 Å². The van der Waals surface area contributed by atoms with Crippen molar-refractivity contribution in [3.8, 4) is 0 Å². The predicted octanol–water partition coefficient (Wildman–Crippen LogP) is 2.65. The minimum Gasteiger partial charge on any atom is -0.338 e. The molecule has 2 rings (SSSR count). The highest BCUT2D eigenvalue weighted by atomic mass is 32.2. The molecule has 4 nitrogen and oxygen atoms in total. The third kappa shape index (κ3) is 4.73. The van der Waals surface area contributed by atoms with Gasteiger partial charge in [-0.05, 0) is 38.3 Å². The molecule has 1 aromatic rings. The van der Waals surface area contributed by atoms with E-state index in [1.54, 1.807) is 16.7 Å². The van der Waals surface area contributed by atoms with Gasteiger partial charge in [-0.2, -0.15) is 0 Å². The summed E-state index contributed by atoms with van der Waals surface area (Å²) in [6, 6.07) is 8.03. The van der Waals surface area contributed by atoms with E-state index in [1.165, 1.54) is 11.1 Å². The summed E-state index contributed by atoms with van der Waals surface area (Å²) in [6.07, 6.45) is 0.567. The molecule has 128 valence electrons. The van der Waals surface area contributed by atoms with Crippen LogP contribution in [0.3, 0.4) is 0 Å². The highest BCUT2D eigenvalue weighted by Crippen LogP contribution is 2.24. The lowest BCUT2D eigenvalue weighted by Gasteiger charge is -2.29. The molecule has 0 aliphatic carbocycles. The molecule has 2 atom stereocenters. The molecule has 0 bridgehead atoms. The van der Waals surface area contributed by atoms with Crippen molar-refractivity contribution in [2.24, 2.45) is 0 Å². The molecule has 2 unspecified atom stereocenters. The normalized spacial score (nSPS) is 21.1. The number of thioether (sulfide) groups is 1. The van der Waals surface area contributed by atoms with Crippen molar-refractivity contribution in [3.05, 3.63) is 35.4 Å². The van der Waals surface area contributed by atoms with Crippen molar-refractivity contribution >= 4 is 27.5 Å². The van der Waals surface area contributed by atoms with Crippen LogP contribution >= 0.6 is 11.8 Å². The van der Waals surface area contributed by atoms with Crippen LogP contribution < -0.4 is 0 Å². The maximum Gasteiger partial charge on any atom is 0.235 e. The SMILES string of the molecule is CCN(C(=O)C(C)SCc1ccccc1C)C1CCS(=O)(=O)C1. The monoisotopic (exact) mass is 355 g/mol. The molecule has 0 radical (unpaired) electrons. The number of rotatable bonds is 6. The molecule has 0 aromatic heterocycles. The first-order valence-electron chi connectivity index (χ1n) is 8.01. The quantitative estimate of drug-likeness (QED) is 0.787. The van der Waals surface area contributed by atoms with E-state index in [2.05, 4.69) is 19.1 Å². The zero-order valence-corrected chi connectivity index (χ0v) is 15.6. The maximum atomic E-state index is 12.7. The molecule has 1 aliphatic rings. The molecule has 1 heterocycles. The molecule has 1 saturated heterocycles. The van der Waals surface area contributed by atoms with Crippen LogP contribution in [0.4, 0.5) is 0 Å². The zero-order valence-electron chi connectivity index (χ0n) is 14.0. The minimum atomic E-state index is -2.97. The van der Waals surface area contributed by atoms with Crippen molar-refractivity contribution in [1.29, 1.82) is 0 Å². The number of hydrogen-bond donors (Lipinski definition) is 0. The van der Waals surface area contributed by atoms with Crippen molar-refractivity contribution in [1.82, 2.24) is 4.90 Å². The fraction of sp³-hybridized carbons (Fsp3) is 0.588. The summed E-state index contributed by atoms with van der Waals surface area (Å²) in [4.78, 5) is 14.4. The van der Waals surface area contributed by atoms with Gasteiger partial charge in [-0.15, -0.1) is 11.8 Å². The van der Waals surface area contributed by atoms with Gasteiger partial charge in [-0.1, -0.05) is 24.3 Å². The van der Waals surface area contributed by atoms with Gasteiger partial charge in [0.25, 0.3) is 0 Å². The molecule has 0 N–H and O–H groups in total. The first kappa shape index (κ1) is 18.3. The summed E-state index contributed by atoms with van der Waals surface area (Å²) in [6.45, 7) is 6.47. The standard InChI is InChI=1S/C17H25NO3S2/c1-4-18(16-9-10-23(20,21)12-16)17(19)14(3)22-11-15-8-6-5-7-13(15)2/h5-8,14,16H,4,9-12H2,1-3H3. The second kappa shape index (κ2) is 7.71. The van der Waals surface area contributed by atoms with E-state index in [1.807, 2.05) is 26.0 Å². The van der Waals surface area contributed by atoms with Gasteiger partial charge in [0.1, 0.15) is 0 Å². The molecular formula is C17H25NO3S2. The summed E-state index contributed by atoms with van der Waals surface area (Å²) in [7, 11) is -2.97. The van der Waals surface area contributed by atoms with Gasteiger partial charge < -0.3 is 4.90 Å². The van der Waals surface area contributed by atoms with Crippen LogP contribution in [0.2, 0.25) is 0 Å². The number of amides is 1. The van der Waals surface area contributed by atoms with E-state index in [0.717, 1.165) is 5.75 Å². The topological polar surface area (TPSA) is 54.5 Å². The summed E-state index contributed by atoms with van der Waals surface area (Å²) >= 11 is 1.61. The third-order valence-corrected chi connectivity index (χ3v) is 7.30. The van der Waals surface area contributed by atoms with Crippen molar-refractivity contribution in [2.45, 2.75) is 44.2 Å². The van der Waals surface area contributed by atoms with Crippen molar-refractivity contribution in [2.75, 3.05) is 18.1 Å². The maximum absolute atomic E-state index is 12.7. The number of aryl methyl sites for hydroxylation is 1. The number of benzene rings is 1. The Kier molecular flexibility index (Phi) is 6.14. The van der Waals surface area contributed by atoms with Crippen LogP contribution in [0.15, 0.2) is 24.3 Å². The van der Waals surface area contributed by atoms with E-state index in [4.69, 9.17) is 0 Å². The van der Waals surface area contributed by atoms with Crippen LogP contribution in [0.5, 0.6) is 0 Å². The van der Waals surface area contributed by atoms with E-state index in [9.17, 15) is 13.2 Å². The highest BCUT2D eigenvalue weighted by molar-refractivity contribution is 7.99.